The highest BCUT2D eigenvalue weighted by Crippen LogP contribution is 2.72. The first kappa shape index (κ1) is 24.9. The van der Waals surface area contributed by atoms with Gasteiger partial charge in [-0.25, -0.2) is 0 Å². The third kappa shape index (κ3) is 3.58. The fourth-order valence-electron chi connectivity index (χ4n) is 9.46. The van der Waals surface area contributed by atoms with Gasteiger partial charge in [-0.05, 0) is 92.8 Å². The van der Waals surface area contributed by atoms with E-state index in [0.29, 0.717) is 24.4 Å². The molecule has 1 saturated heterocycles. The maximum atomic E-state index is 12.3. The number of aliphatic hydroxyl groups excluding tert-OH is 4. The zero-order chi connectivity index (χ0) is 24.5. The molecule has 0 aromatic carbocycles. The first-order valence-corrected chi connectivity index (χ1v) is 13.2. The largest absolute Gasteiger partial charge is 0.481 e. The maximum Gasteiger partial charge on any atom is 0.309 e. The van der Waals surface area contributed by atoms with Gasteiger partial charge in [0.1, 0.15) is 24.4 Å². The van der Waals surface area contributed by atoms with Crippen LogP contribution >= 0.6 is 0 Å². The molecular formula is C26H42O8. The van der Waals surface area contributed by atoms with Gasteiger partial charge in [0.2, 0.25) is 0 Å². The predicted molar refractivity (Wildman–Crippen MR) is 122 cm³/mol. The summed E-state index contributed by atoms with van der Waals surface area (Å²) in [5.74, 6) is 0.988. The molecule has 34 heavy (non-hydrogen) atoms. The molecule has 1 spiro atoms. The monoisotopic (exact) mass is 482 g/mol. The molecule has 8 heteroatoms. The smallest absolute Gasteiger partial charge is 0.309 e. The van der Waals surface area contributed by atoms with Crippen molar-refractivity contribution in [3.8, 4) is 0 Å². The standard InChI is InChI=1S/C26H42O8/c1-24-7-3-8-25(2,23(31)32)17(24)6-9-26-10-14(4-5-18(24)26)15(11-26)13-33-22-21(30)20(29)19(28)16(12-27)34-22/h14-22,27-30H,3-13H2,1-2H3,(H,31,32)/t14-,15-,16-,17+,18+,19-,20+,21-,22-,24-,25-,26+/m1/s1. The molecule has 5 fully saturated rings. The lowest BCUT2D eigenvalue weighted by atomic mass is 9.41. The second-order valence-electron chi connectivity index (χ2n) is 12.6. The zero-order valence-electron chi connectivity index (χ0n) is 20.4. The van der Waals surface area contributed by atoms with Crippen LogP contribution in [0.1, 0.15) is 71.6 Å². The van der Waals surface area contributed by atoms with Crippen molar-refractivity contribution in [1.82, 2.24) is 0 Å². The molecule has 5 aliphatic rings. The molecule has 4 saturated carbocycles. The van der Waals surface area contributed by atoms with E-state index in [1.165, 1.54) is 0 Å². The van der Waals surface area contributed by atoms with Gasteiger partial charge >= 0.3 is 5.97 Å². The van der Waals surface area contributed by atoms with Crippen LogP contribution in [0.25, 0.3) is 0 Å². The first-order chi connectivity index (χ1) is 16.1. The van der Waals surface area contributed by atoms with Gasteiger partial charge in [-0.3, -0.25) is 4.79 Å². The van der Waals surface area contributed by atoms with Crippen molar-refractivity contribution in [3.05, 3.63) is 0 Å². The number of rotatable bonds is 5. The van der Waals surface area contributed by atoms with Crippen LogP contribution in [0.4, 0.5) is 0 Å². The Morgan fingerprint density at radius 1 is 0.971 bits per heavy atom. The van der Waals surface area contributed by atoms with Crippen LogP contribution in [0.2, 0.25) is 0 Å². The molecule has 2 bridgehead atoms. The normalized spacial score (nSPS) is 54.8. The molecule has 194 valence electrons. The fraction of sp³-hybridized carbons (Fsp3) is 0.962. The Kier molecular flexibility index (Phi) is 6.35. The van der Waals surface area contributed by atoms with Crippen LogP contribution in [0.15, 0.2) is 0 Å². The van der Waals surface area contributed by atoms with Gasteiger partial charge < -0.3 is 35.0 Å². The first-order valence-electron chi connectivity index (χ1n) is 13.2. The average Bonchev–Trinajstić information content (AvgIpc) is 3.06. The molecule has 0 radical (unpaired) electrons. The van der Waals surface area contributed by atoms with E-state index >= 15 is 0 Å². The highest BCUT2D eigenvalue weighted by Gasteiger charge is 2.65. The lowest BCUT2D eigenvalue weighted by Crippen LogP contribution is -2.59. The Bertz CT molecular complexity index is 789. The van der Waals surface area contributed by atoms with E-state index in [1.54, 1.807) is 0 Å². The number of fused-ring (bicyclic) bond motifs is 3. The van der Waals surface area contributed by atoms with Gasteiger partial charge in [-0.1, -0.05) is 13.3 Å². The predicted octanol–water partition coefficient (Wildman–Crippen LogP) is 1.92. The number of carboxylic acid groups (broad SMARTS) is 1. The van der Waals surface area contributed by atoms with Crippen molar-refractivity contribution in [2.24, 2.45) is 39.9 Å². The number of aliphatic hydroxyl groups is 4. The van der Waals surface area contributed by atoms with E-state index in [1.807, 2.05) is 6.92 Å². The highest BCUT2D eigenvalue weighted by atomic mass is 16.7. The summed E-state index contributed by atoms with van der Waals surface area (Å²) in [7, 11) is 0. The number of aliphatic carboxylic acids is 1. The summed E-state index contributed by atoms with van der Waals surface area (Å²) in [5, 5.41) is 50.0. The summed E-state index contributed by atoms with van der Waals surface area (Å²) in [5.41, 5.74) is -0.342. The van der Waals surface area contributed by atoms with Crippen LogP contribution in [0, 0.1) is 39.9 Å². The summed E-state index contributed by atoms with van der Waals surface area (Å²) in [6.45, 7) is 4.31. The van der Waals surface area contributed by atoms with Crippen molar-refractivity contribution < 1.29 is 39.8 Å². The van der Waals surface area contributed by atoms with E-state index in [9.17, 15) is 30.3 Å². The van der Waals surface area contributed by atoms with Gasteiger partial charge in [-0.2, -0.15) is 0 Å². The Hall–Kier alpha value is -0.770. The SMILES string of the molecule is C[C@@]12CCC[C@@](C)(C(=O)O)[C@H]1CC[C@@]13C[C@@H](CC[C@H]12)[C@@H](CO[C@@H]1O[C@H](CO)[C@@H](O)[C@H](O)[C@H]1O)C3. The minimum atomic E-state index is -1.42. The molecule has 5 N–H and O–H groups in total. The Morgan fingerprint density at radius 3 is 2.44 bits per heavy atom. The quantitative estimate of drug-likeness (QED) is 0.401. The van der Waals surface area contributed by atoms with Crippen LogP contribution < -0.4 is 0 Å². The fourth-order valence-corrected chi connectivity index (χ4v) is 9.46. The lowest BCUT2D eigenvalue weighted by Gasteiger charge is -2.63. The molecule has 1 heterocycles. The number of carboxylic acids is 1. The Labute approximate surface area is 201 Å². The van der Waals surface area contributed by atoms with Crippen LogP contribution in [-0.2, 0) is 14.3 Å². The van der Waals surface area contributed by atoms with Crippen molar-refractivity contribution in [2.75, 3.05) is 13.2 Å². The average molecular weight is 483 g/mol. The van der Waals surface area contributed by atoms with E-state index in [4.69, 9.17) is 9.47 Å². The van der Waals surface area contributed by atoms with Crippen molar-refractivity contribution >= 4 is 5.97 Å². The number of carbonyl (C=O) groups is 1. The maximum absolute atomic E-state index is 12.3. The minimum Gasteiger partial charge on any atom is -0.481 e. The second kappa shape index (κ2) is 8.67. The van der Waals surface area contributed by atoms with Gasteiger partial charge in [0, 0.05) is 0 Å². The summed E-state index contributed by atoms with van der Waals surface area (Å²) in [6.07, 6.45) is 3.18. The highest BCUT2D eigenvalue weighted by molar-refractivity contribution is 5.75. The Morgan fingerprint density at radius 2 is 1.74 bits per heavy atom. The van der Waals surface area contributed by atoms with E-state index in [0.717, 1.165) is 57.8 Å². The van der Waals surface area contributed by atoms with Gasteiger partial charge in [0.15, 0.2) is 6.29 Å². The second-order valence-corrected chi connectivity index (χ2v) is 12.6. The molecule has 12 atom stereocenters. The van der Waals surface area contributed by atoms with E-state index in [-0.39, 0.29) is 16.7 Å². The third-order valence-corrected chi connectivity index (χ3v) is 11.1. The van der Waals surface area contributed by atoms with Crippen LogP contribution in [-0.4, -0.2) is 75.4 Å². The number of ether oxygens (including phenoxy) is 2. The molecule has 0 aromatic heterocycles. The topological polar surface area (TPSA) is 137 Å². The van der Waals surface area contributed by atoms with Gasteiger partial charge in [0.25, 0.3) is 0 Å². The van der Waals surface area contributed by atoms with Crippen molar-refractivity contribution in [2.45, 2.75) is 102 Å². The molecule has 4 aliphatic carbocycles. The summed E-state index contributed by atoms with van der Waals surface area (Å²) < 4.78 is 11.5. The molecule has 5 rings (SSSR count). The number of hydrogen-bond donors (Lipinski definition) is 5. The van der Waals surface area contributed by atoms with Crippen LogP contribution in [0.3, 0.4) is 0 Å². The summed E-state index contributed by atoms with van der Waals surface area (Å²) in [6, 6.07) is 0. The molecule has 0 amide bonds. The summed E-state index contributed by atoms with van der Waals surface area (Å²) >= 11 is 0. The van der Waals surface area contributed by atoms with Crippen LogP contribution in [0.5, 0.6) is 0 Å². The number of hydrogen-bond acceptors (Lipinski definition) is 7. The van der Waals surface area contributed by atoms with E-state index < -0.39 is 48.7 Å². The van der Waals surface area contributed by atoms with E-state index in [2.05, 4.69) is 6.92 Å². The minimum absolute atomic E-state index is 0.0572. The molecule has 1 aliphatic heterocycles. The van der Waals surface area contributed by atoms with Gasteiger partial charge in [0.05, 0.1) is 18.6 Å². The van der Waals surface area contributed by atoms with Crippen molar-refractivity contribution in [1.29, 1.82) is 0 Å². The molecule has 8 nitrogen and oxygen atoms in total. The summed E-state index contributed by atoms with van der Waals surface area (Å²) in [4.78, 5) is 12.3. The van der Waals surface area contributed by atoms with Gasteiger partial charge in [-0.15, -0.1) is 0 Å². The molecule has 0 unspecified atom stereocenters. The third-order valence-electron chi connectivity index (χ3n) is 11.1. The lowest BCUT2D eigenvalue weighted by molar-refractivity contribution is -0.303. The van der Waals surface area contributed by atoms with Crippen molar-refractivity contribution in [3.63, 3.8) is 0 Å². The zero-order valence-corrected chi connectivity index (χ0v) is 20.4. The Balaban J connectivity index is 1.29. The molecular weight excluding hydrogens is 440 g/mol. The molecule has 0 aromatic rings.